The molecule has 1 aromatic carbocycles. The average Bonchev–Trinajstić information content (AvgIpc) is 2.48. The molecule has 2 aromatic rings. The first-order chi connectivity index (χ1) is 10.1. The molecule has 0 fully saturated rings. The number of benzene rings is 1. The second-order valence-electron chi connectivity index (χ2n) is 4.92. The molecular formula is C16H17ClN2O2. The lowest BCUT2D eigenvalue weighted by Gasteiger charge is -2.17. The number of nitrogens with zero attached hydrogens (tertiary/aromatic N) is 2. The Labute approximate surface area is 129 Å². The molecule has 21 heavy (non-hydrogen) atoms. The molecule has 0 atom stereocenters. The summed E-state index contributed by atoms with van der Waals surface area (Å²) in [6.07, 6.45) is 2.65. The summed E-state index contributed by atoms with van der Waals surface area (Å²) in [4.78, 5) is 17.3. The van der Waals surface area contributed by atoms with Crippen molar-refractivity contribution in [2.45, 2.75) is 13.0 Å². The van der Waals surface area contributed by atoms with E-state index in [1.54, 1.807) is 18.3 Å². The van der Waals surface area contributed by atoms with Crippen molar-refractivity contribution in [1.29, 1.82) is 0 Å². The Morgan fingerprint density at radius 1 is 1.33 bits per heavy atom. The summed E-state index contributed by atoms with van der Waals surface area (Å²) in [5, 5.41) is 9.40. The normalized spacial score (nSPS) is 10.8. The molecule has 4 nitrogen and oxygen atoms in total. The van der Waals surface area contributed by atoms with Gasteiger partial charge in [-0.25, -0.2) is 4.79 Å². The molecule has 110 valence electrons. The third-order valence-corrected chi connectivity index (χ3v) is 3.57. The molecule has 0 aliphatic heterocycles. The Bertz CT molecular complexity index is 617. The molecule has 0 saturated heterocycles. The maximum Gasteiger partial charge on any atom is 0.335 e. The van der Waals surface area contributed by atoms with Gasteiger partial charge >= 0.3 is 5.97 Å². The summed E-state index contributed by atoms with van der Waals surface area (Å²) in [6.45, 7) is 1.53. The highest BCUT2D eigenvalue weighted by Crippen LogP contribution is 2.19. The summed E-state index contributed by atoms with van der Waals surface area (Å²) < 4.78 is 0. The first-order valence-corrected chi connectivity index (χ1v) is 7.04. The van der Waals surface area contributed by atoms with Gasteiger partial charge in [0.1, 0.15) is 0 Å². The fourth-order valence-corrected chi connectivity index (χ4v) is 2.27. The van der Waals surface area contributed by atoms with E-state index in [9.17, 15) is 4.79 Å². The van der Waals surface area contributed by atoms with Crippen LogP contribution in [0.1, 0.15) is 21.6 Å². The fourth-order valence-electron chi connectivity index (χ4n) is 2.03. The Hall–Kier alpha value is -1.91. The number of carboxylic acids is 1. The first-order valence-electron chi connectivity index (χ1n) is 6.66. The maximum atomic E-state index is 10.9. The minimum Gasteiger partial charge on any atom is -0.478 e. The third kappa shape index (κ3) is 4.55. The number of rotatable bonds is 6. The van der Waals surface area contributed by atoms with Crippen molar-refractivity contribution < 1.29 is 9.90 Å². The zero-order chi connectivity index (χ0) is 15.2. The first kappa shape index (κ1) is 15.5. The molecule has 1 aromatic heterocycles. The van der Waals surface area contributed by atoms with Gasteiger partial charge in [0, 0.05) is 36.4 Å². The smallest absolute Gasteiger partial charge is 0.335 e. The van der Waals surface area contributed by atoms with E-state index < -0.39 is 5.97 Å². The standard InChI is InChI=1S/C16H17ClN2O2/c1-19(9-7-14-4-2-3-8-18-14)11-13-6-5-12(16(20)21)10-15(13)17/h2-6,8,10H,7,9,11H2,1H3,(H,20,21). The minimum absolute atomic E-state index is 0.208. The highest BCUT2D eigenvalue weighted by Gasteiger charge is 2.09. The zero-order valence-electron chi connectivity index (χ0n) is 11.8. The number of pyridine rings is 1. The summed E-state index contributed by atoms with van der Waals surface area (Å²) in [5.74, 6) is -0.966. The molecule has 0 saturated carbocycles. The van der Waals surface area contributed by atoms with E-state index in [1.807, 2.05) is 25.2 Å². The quantitative estimate of drug-likeness (QED) is 0.891. The number of carbonyl (C=O) groups is 1. The molecule has 5 heteroatoms. The average molecular weight is 305 g/mol. The van der Waals surface area contributed by atoms with E-state index >= 15 is 0 Å². The zero-order valence-corrected chi connectivity index (χ0v) is 12.5. The Balaban J connectivity index is 1.93. The van der Waals surface area contributed by atoms with Crippen molar-refractivity contribution in [1.82, 2.24) is 9.88 Å². The monoisotopic (exact) mass is 304 g/mol. The lowest BCUT2D eigenvalue weighted by atomic mass is 10.1. The van der Waals surface area contributed by atoms with Crippen LogP contribution in [0.15, 0.2) is 42.6 Å². The Kier molecular flexibility index (Phi) is 5.31. The van der Waals surface area contributed by atoms with Gasteiger partial charge in [0.2, 0.25) is 0 Å². The van der Waals surface area contributed by atoms with Crippen LogP contribution < -0.4 is 0 Å². The van der Waals surface area contributed by atoms with Gasteiger partial charge in [-0.1, -0.05) is 23.7 Å². The predicted octanol–water partition coefficient (Wildman–Crippen LogP) is 3.11. The molecule has 0 bridgehead atoms. The van der Waals surface area contributed by atoms with Crippen LogP contribution in [0.25, 0.3) is 0 Å². The third-order valence-electron chi connectivity index (χ3n) is 3.22. The largest absolute Gasteiger partial charge is 0.478 e. The number of likely N-dealkylation sites (N-methyl/N-ethyl adjacent to an activating group) is 1. The van der Waals surface area contributed by atoms with Gasteiger partial charge in [0.05, 0.1) is 5.56 Å². The SMILES string of the molecule is CN(CCc1ccccn1)Cc1ccc(C(=O)O)cc1Cl. The van der Waals surface area contributed by atoms with Gasteiger partial charge < -0.3 is 10.0 Å². The van der Waals surface area contributed by atoms with Crippen molar-refractivity contribution in [3.05, 3.63) is 64.4 Å². The van der Waals surface area contributed by atoms with Crippen LogP contribution >= 0.6 is 11.6 Å². The van der Waals surface area contributed by atoms with Gasteiger partial charge in [-0.05, 0) is 36.9 Å². The number of halogens is 1. The Morgan fingerprint density at radius 2 is 2.14 bits per heavy atom. The van der Waals surface area contributed by atoms with Crippen molar-refractivity contribution >= 4 is 17.6 Å². The molecular weight excluding hydrogens is 288 g/mol. The molecule has 0 radical (unpaired) electrons. The van der Waals surface area contributed by atoms with E-state index in [0.717, 1.165) is 24.2 Å². The number of aromatic nitrogens is 1. The second kappa shape index (κ2) is 7.20. The van der Waals surface area contributed by atoms with Crippen LogP contribution in [-0.2, 0) is 13.0 Å². The molecule has 0 amide bonds. The van der Waals surface area contributed by atoms with Crippen molar-refractivity contribution in [2.75, 3.05) is 13.6 Å². The van der Waals surface area contributed by atoms with E-state index in [1.165, 1.54) is 6.07 Å². The lowest BCUT2D eigenvalue weighted by Crippen LogP contribution is -2.21. The summed E-state index contributed by atoms with van der Waals surface area (Å²) >= 11 is 6.13. The van der Waals surface area contributed by atoms with Gasteiger partial charge in [-0.15, -0.1) is 0 Å². The molecule has 1 heterocycles. The second-order valence-corrected chi connectivity index (χ2v) is 5.33. The van der Waals surface area contributed by atoms with Crippen molar-refractivity contribution in [3.63, 3.8) is 0 Å². The highest BCUT2D eigenvalue weighted by molar-refractivity contribution is 6.31. The topological polar surface area (TPSA) is 53.4 Å². The lowest BCUT2D eigenvalue weighted by molar-refractivity contribution is 0.0697. The van der Waals surface area contributed by atoms with E-state index in [2.05, 4.69) is 9.88 Å². The maximum absolute atomic E-state index is 10.9. The van der Waals surface area contributed by atoms with Crippen LogP contribution in [0.5, 0.6) is 0 Å². The number of carboxylic acid groups (broad SMARTS) is 1. The molecule has 0 aliphatic carbocycles. The molecule has 0 aliphatic rings. The van der Waals surface area contributed by atoms with Crippen LogP contribution in [-0.4, -0.2) is 34.6 Å². The number of aromatic carboxylic acids is 1. The predicted molar refractivity (Wildman–Crippen MR) is 82.7 cm³/mol. The van der Waals surface area contributed by atoms with Crippen LogP contribution in [0, 0.1) is 0 Å². The molecule has 0 unspecified atom stereocenters. The number of hydrogen-bond acceptors (Lipinski definition) is 3. The summed E-state index contributed by atoms with van der Waals surface area (Å²) in [7, 11) is 2.00. The highest BCUT2D eigenvalue weighted by atomic mass is 35.5. The van der Waals surface area contributed by atoms with E-state index in [4.69, 9.17) is 16.7 Å². The van der Waals surface area contributed by atoms with Crippen LogP contribution in [0.4, 0.5) is 0 Å². The Morgan fingerprint density at radius 3 is 2.76 bits per heavy atom. The van der Waals surface area contributed by atoms with Crippen molar-refractivity contribution in [3.8, 4) is 0 Å². The number of hydrogen-bond donors (Lipinski definition) is 1. The van der Waals surface area contributed by atoms with Crippen LogP contribution in [0.2, 0.25) is 5.02 Å². The van der Waals surface area contributed by atoms with Gasteiger partial charge in [-0.2, -0.15) is 0 Å². The van der Waals surface area contributed by atoms with Gasteiger partial charge in [-0.3, -0.25) is 4.98 Å². The van der Waals surface area contributed by atoms with Gasteiger partial charge in [0.15, 0.2) is 0 Å². The molecule has 0 spiro atoms. The molecule has 1 N–H and O–H groups in total. The minimum atomic E-state index is -0.966. The summed E-state index contributed by atoms with van der Waals surface area (Å²) in [5.41, 5.74) is 2.18. The van der Waals surface area contributed by atoms with Gasteiger partial charge in [0.25, 0.3) is 0 Å². The fraction of sp³-hybridized carbons (Fsp3) is 0.250. The summed E-state index contributed by atoms with van der Waals surface area (Å²) in [6, 6.07) is 10.7. The van der Waals surface area contributed by atoms with Crippen LogP contribution in [0.3, 0.4) is 0 Å². The van der Waals surface area contributed by atoms with E-state index in [-0.39, 0.29) is 5.56 Å². The molecule has 2 rings (SSSR count). The van der Waals surface area contributed by atoms with Crippen molar-refractivity contribution in [2.24, 2.45) is 0 Å². The van der Waals surface area contributed by atoms with E-state index in [0.29, 0.717) is 11.6 Å².